The Hall–Kier alpha value is -4.13. The summed E-state index contributed by atoms with van der Waals surface area (Å²) in [5.41, 5.74) is 5.85. The third-order valence-electron chi connectivity index (χ3n) is 5.20. The summed E-state index contributed by atoms with van der Waals surface area (Å²) >= 11 is 0. The van der Waals surface area contributed by atoms with Crippen LogP contribution in [0.3, 0.4) is 0 Å². The molecule has 3 rings (SSSR count). The fourth-order valence-electron chi connectivity index (χ4n) is 2.97. The fraction of sp³-hybridized carbons (Fsp3) is 0.250. The molecule has 1 amide bonds. The minimum atomic E-state index is -0.456. The summed E-state index contributed by atoms with van der Waals surface area (Å²) in [6.07, 6.45) is 3.54. The van der Waals surface area contributed by atoms with Crippen molar-refractivity contribution in [1.82, 2.24) is 5.43 Å². The van der Waals surface area contributed by atoms with Crippen LogP contribution in [0.4, 0.5) is 0 Å². The Morgan fingerprint density at radius 1 is 0.857 bits per heavy atom. The van der Waals surface area contributed by atoms with E-state index in [1.54, 1.807) is 48.5 Å². The Morgan fingerprint density at radius 3 is 2.23 bits per heavy atom. The molecule has 0 aromatic heterocycles. The quantitative estimate of drug-likeness (QED) is 0.135. The summed E-state index contributed by atoms with van der Waals surface area (Å²) < 4.78 is 16.5. The first kappa shape index (κ1) is 25.5. The smallest absolute Gasteiger partial charge is 0.343 e. The number of nitrogens with zero attached hydrogens (tertiary/aromatic N) is 1. The van der Waals surface area contributed by atoms with Crippen molar-refractivity contribution in [3.63, 3.8) is 0 Å². The average Bonchev–Trinajstić information content (AvgIpc) is 2.86. The standard InChI is InChI=1S/C28H30N2O5/c1-4-5-16-33-24-14-9-23(10-15-24)28(32)35-25-12-7-22(8-13-25)18-29-30-27(31)19-34-26-11-6-20(2)21(3)17-26/h6-15,17-18H,4-5,16,19H2,1-3H3,(H,30,31)/b29-18+. The highest BCUT2D eigenvalue weighted by atomic mass is 16.5. The number of hydrogen-bond donors (Lipinski definition) is 1. The van der Waals surface area contributed by atoms with Gasteiger partial charge in [0.15, 0.2) is 6.61 Å². The molecule has 0 saturated heterocycles. The number of carbonyl (C=O) groups is 2. The molecule has 35 heavy (non-hydrogen) atoms. The van der Waals surface area contributed by atoms with E-state index in [9.17, 15) is 9.59 Å². The maximum atomic E-state index is 12.4. The Bertz CT molecular complexity index is 1150. The lowest BCUT2D eigenvalue weighted by Gasteiger charge is -2.07. The predicted octanol–water partition coefficient (Wildman–Crippen LogP) is 5.23. The van der Waals surface area contributed by atoms with Gasteiger partial charge in [-0.1, -0.05) is 19.4 Å². The highest BCUT2D eigenvalue weighted by molar-refractivity contribution is 5.91. The molecular weight excluding hydrogens is 444 g/mol. The summed E-state index contributed by atoms with van der Waals surface area (Å²) in [5, 5.41) is 3.93. The first-order valence-corrected chi connectivity index (χ1v) is 11.5. The molecule has 182 valence electrons. The van der Waals surface area contributed by atoms with Gasteiger partial charge in [-0.15, -0.1) is 0 Å². The topological polar surface area (TPSA) is 86.2 Å². The van der Waals surface area contributed by atoms with Crippen LogP contribution in [-0.2, 0) is 4.79 Å². The molecule has 0 fully saturated rings. The van der Waals surface area contributed by atoms with Gasteiger partial charge in [0.05, 0.1) is 18.4 Å². The zero-order chi connectivity index (χ0) is 25.0. The molecule has 0 atom stereocenters. The summed E-state index contributed by atoms with van der Waals surface area (Å²) in [6.45, 7) is 6.62. The second-order valence-corrected chi connectivity index (χ2v) is 8.01. The lowest BCUT2D eigenvalue weighted by atomic mass is 10.1. The van der Waals surface area contributed by atoms with Gasteiger partial charge >= 0.3 is 5.97 Å². The van der Waals surface area contributed by atoms with E-state index < -0.39 is 5.97 Å². The van der Waals surface area contributed by atoms with Gasteiger partial charge in [0.1, 0.15) is 17.2 Å². The van der Waals surface area contributed by atoms with Gasteiger partial charge in [-0.2, -0.15) is 5.10 Å². The SMILES string of the molecule is CCCCOc1ccc(C(=O)Oc2ccc(/C=N/NC(=O)COc3ccc(C)c(C)c3)cc2)cc1. The Kier molecular flexibility index (Phi) is 9.42. The molecule has 0 unspecified atom stereocenters. The van der Waals surface area contributed by atoms with Crippen LogP contribution in [0, 0.1) is 13.8 Å². The second kappa shape index (κ2) is 12.9. The molecule has 0 heterocycles. The molecule has 1 N–H and O–H groups in total. The minimum absolute atomic E-state index is 0.138. The molecule has 7 nitrogen and oxygen atoms in total. The van der Waals surface area contributed by atoms with E-state index in [0.717, 1.165) is 35.3 Å². The van der Waals surface area contributed by atoms with E-state index >= 15 is 0 Å². The van der Waals surface area contributed by atoms with Crippen molar-refractivity contribution in [2.75, 3.05) is 13.2 Å². The highest BCUT2D eigenvalue weighted by Crippen LogP contribution is 2.17. The molecule has 3 aromatic carbocycles. The Labute approximate surface area is 205 Å². The van der Waals surface area contributed by atoms with Crippen LogP contribution < -0.4 is 19.6 Å². The molecule has 0 aliphatic rings. The van der Waals surface area contributed by atoms with E-state index in [2.05, 4.69) is 17.5 Å². The minimum Gasteiger partial charge on any atom is -0.494 e. The largest absolute Gasteiger partial charge is 0.494 e. The monoisotopic (exact) mass is 474 g/mol. The normalized spacial score (nSPS) is 10.7. The predicted molar refractivity (Wildman–Crippen MR) is 135 cm³/mol. The Balaban J connectivity index is 1.43. The summed E-state index contributed by atoms with van der Waals surface area (Å²) in [5.74, 6) is 0.937. The van der Waals surface area contributed by atoms with Crippen molar-refractivity contribution in [3.8, 4) is 17.2 Å². The van der Waals surface area contributed by atoms with E-state index in [-0.39, 0.29) is 12.5 Å². The number of hydrogen-bond acceptors (Lipinski definition) is 6. The van der Waals surface area contributed by atoms with Crippen molar-refractivity contribution in [3.05, 3.63) is 89.0 Å². The van der Waals surface area contributed by atoms with Crippen molar-refractivity contribution in [2.24, 2.45) is 5.10 Å². The first-order valence-electron chi connectivity index (χ1n) is 11.5. The van der Waals surface area contributed by atoms with Gasteiger partial charge in [0.2, 0.25) is 0 Å². The van der Waals surface area contributed by atoms with Gasteiger partial charge in [-0.05, 0) is 97.6 Å². The summed E-state index contributed by atoms with van der Waals surface area (Å²) in [7, 11) is 0. The van der Waals surface area contributed by atoms with Crippen LogP contribution >= 0.6 is 0 Å². The first-order chi connectivity index (χ1) is 16.9. The third kappa shape index (κ3) is 8.30. The van der Waals surface area contributed by atoms with Crippen molar-refractivity contribution < 1.29 is 23.8 Å². The van der Waals surface area contributed by atoms with Crippen molar-refractivity contribution >= 4 is 18.1 Å². The van der Waals surface area contributed by atoms with Gasteiger partial charge in [0, 0.05) is 0 Å². The molecule has 0 radical (unpaired) electrons. The summed E-state index contributed by atoms with van der Waals surface area (Å²) in [4.78, 5) is 24.3. The van der Waals surface area contributed by atoms with Gasteiger partial charge < -0.3 is 14.2 Å². The number of rotatable bonds is 11. The van der Waals surface area contributed by atoms with E-state index in [1.165, 1.54) is 6.21 Å². The lowest BCUT2D eigenvalue weighted by Crippen LogP contribution is -2.24. The third-order valence-corrected chi connectivity index (χ3v) is 5.20. The number of esters is 1. The van der Waals surface area contributed by atoms with Gasteiger partial charge in [-0.3, -0.25) is 4.79 Å². The average molecular weight is 475 g/mol. The number of nitrogens with one attached hydrogen (secondary N) is 1. The van der Waals surface area contributed by atoms with Crippen LogP contribution in [0.5, 0.6) is 17.2 Å². The molecule has 0 aliphatic heterocycles. The molecule has 0 aliphatic carbocycles. The van der Waals surface area contributed by atoms with Gasteiger partial charge in [0.25, 0.3) is 5.91 Å². The zero-order valence-electron chi connectivity index (χ0n) is 20.2. The van der Waals surface area contributed by atoms with Gasteiger partial charge in [-0.25, -0.2) is 10.2 Å². The van der Waals surface area contributed by atoms with Crippen LogP contribution in [0.15, 0.2) is 71.8 Å². The van der Waals surface area contributed by atoms with Crippen LogP contribution in [0.25, 0.3) is 0 Å². The number of hydrazone groups is 1. The number of carbonyl (C=O) groups excluding carboxylic acids is 2. The molecule has 0 spiro atoms. The lowest BCUT2D eigenvalue weighted by molar-refractivity contribution is -0.123. The zero-order valence-corrected chi connectivity index (χ0v) is 20.2. The van der Waals surface area contributed by atoms with E-state index in [4.69, 9.17) is 14.2 Å². The van der Waals surface area contributed by atoms with E-state index in [0.29, 0.717) is 23.7 Å². The molecule has 0 saturated carbocycles. The number of amides is 1. The number of ether oxygens (including phenoxy) is 3. The highest BCUT2D eigenvalue weighted by Gasteiger charge is 2.09. The molecule has 3 aromatic rings. The number of aryl methyl sites for hydroxylation is 2. The van der Waals surface area contributed by atoms with Crippen LogP contribution in [0.2, 0.25) is 0 Å². The number of benzene rings is 3. The molecular formula is C28H30N2O5. The molecule has 7 heteroatoms. The Morgan fingerprint density at radius 2 is 1.54 bits per heavy atom. The van der Waals surface area contributed by atoms with E-state index in [1.807, 2.05) is 32.0 Å². The van der Waals surface area contributed by atoms with Crippen molar-refractivity contribution in [1.29, 1.82) is 0 Å². The van der Waals surface area contributed by atoms with Crippen molar-refractivity contribution in [2.45, 2.75) is 33.6 Å². The van der Waals surface area contributed by atoms with Crippen LogP contribution in [0.1, 0.15) is 46.8 Å². The fourth-order valence-corrected chi connectivity index (χ4v) is 2.97. The molecule has 0 bridgehead atoms. The van der Waals surface area contributed by atoms with Crippen LogP contribution in [-0.4, -0.2) is 31.3 Å². The summed E-state index contributed by atoms with van der Waals surface area (Å²) in [6, 6.07) is 19.3. The maximum absolute atomic E-state index is 12.4. The maximum Gasteiger partial charge on any atom is 0.343 e. The second-order valence-electron chi connectivity index (χ2n) is 8.01. The number of unbranched alkanes of at least 4 members (excludes halogenated alkanes) is 1.